The smallest absolute Gasteiger partial charge is 0.390 e. The Kier molecular flexibility index (Phi) is 4.55. The van der Waals surface area contributed by atoms with Crippen molar-refractivity contribution in [3.8, 4) is 0 Å². The van der Waals surface area contributed by atoms with Crippen LogP contribution >= 0.6 is 0 Å². The van der Waals surface area contributed by atoms with Gasteiger partial charge in [0, 0.05) is 18.7 Å². The molecule has 3 N–H and O–H groups in total. The predicted octanol–water partition coefficient (Wildman–Crippen LogP) is 1.41. The van der Waals surface area contributed by atoms with Gasteiger partial charge in [-0.1, -0.05) is 0 Å². The predicted molar refractivity (Wildman–Crippen MR) is 63.4 cm³/mol. The van der Waals surface area contributed by atoms with Gasteiger partial charge in [-0.2, -0.15) is 13.2 Å². The average molecular weight is 313 g/mol. The number of halogens is 3. The number of nitrogens with two attached hydrogens (primary N) is 1. The number of nitrogens with one attached hydrogen (secondary N) is 1. The maximum absolute atomic E-state index is 11.9. The summed E-state index contributed by atoms with van der Waals surface area (Å²) in [6.45, 7) is -0.881. The van der Waals surface area contributed by atoms with Crippen molar-refractivity contribution in [2.75, 3.05) is 12.3 Å². The quantitative estimate of drug-likeness (QED) is 0.484. The summed E-state index contributed by atoms with van der Waals surface area (Å²) in [6.07, 6.45) is -5.88. The van der Waals surface area contributed by atoms with Gasteiger partial charge in [-0.3, -0.25) is 10.1 Å². The molecule has 112 valence electrons. The lowest BCUT2D eigenvalue weighted by Crippen LogP contribution is -2.28. The van der Waals surface area contributed by atoms with Crippen LogP contribution in [0.1, 0.15) is 6.42 Å². The third-order valence-corrected chi connectivity index (χ3v) is 3.71. The summed E-state index contributed by atoms with van der Waals surface area (Å²) < 4.78 is 61.0. The van der Waals surface area contributed by atoms with Gasteiger partial charge in [0.05, 0.1) is 17.0 Å². The molecule has 0 aliphatic heterocycles. The highest BCUT2D eigenvalue weighted by Crippen LogP contribution is 2.24. The molecule has 0 atom stereocenters. The van der Waals surface area contributed by atoms with Crippen LogP contribution in [0.3, 0.4) is 0 Å². The highest BCUT2D eigenvalue weighted by molar-refractivity contribution is 7.89. The van der Waals surface area contributed by atoms with Crippen molar-refractivity contribution in [1.29, 1.82) is 0 Å². The van der Waals surface area contributed by atoms with Crippen LogP contribution in [0.4, 0.5) is 24.5 Å². The summed E-state index contributed by atoms with van der Waals surface area (Å²) in [5.74, 6) is 0. The number of nitro benzene ring substituents is 1. The lowest BCUT2D eigenvalue weighted by Gasteiger charge is -2.10. The monoisotopic (exact) mass is 313 g/mol. The summed E-state index contributed by atoms with van der Waals surface area (Å²) in [6, 6.07) is 2.67. The lowest BCUT2D eigenvalue weighted by atomic mass is 10.3. The molecule has 0 saturated carbocycles. The summed E-state index contributed by atoms with van der Waals surface area (Å²) >= 11 is 0. The molecular weight excluding hydrogens is 303 g/mol. The van der Waals surface area contributed by atoms with Crippen LogP contribution in [0, 0.1) is 10.1 Å². The Morgan fingerprint density at radius 3 is 2.45 bits per heavy atom. The average Bonchev–Trinajstić information content (AvgIpc) is 2.26. The summed E-state index contributed by atoms with van der Waals surface area (Å²) in [5, 5.41) is 10.5. The second-order valence-electron chi connectivity index (χ2n) is 3.74. The number of nitrogens with zero attached hydrogens (tertiary/aromatic N) is 1. The summed E-state index contributed by atoms with van der Waals surface area (Å²) in [5.41, 5.74) is 4.54. The highest BCUT2D eigenvalue weighted by Gasteiger charge is 2.28. The fraction of sp³-hybridized carbons (Fsp3) is 0.333. The fourth-order valence-corrected chi connectivity index (χ4v) is 2.45. The zero-order valence-corrected chi connectivity index (χ0v) is 10.7. The zero-order chi connectivity index (χ0) is 15.6. The van der Waals surface area contributed by atoms with Crippen LogP contribution in [-0.4, -0.2) is 26.1 Å². The molecule has 11 heteroatoms. The summed E-state index contributed by atoms with van der Waals surface area (Å²) in [4.78, 5) is 9.07. The molecule has 1 rings (SSSR count). The Morgan fingerprint density at radius 2 is 1.95 bits per heavy atom. The van der Waals surface area contributed by atoms with Gasteiger partial charge in [0.1, 0.15) is 4.90 Å². The number of sulfonamides is 1. The van der Waals surface area contributed by atoms with Crippen LogP contribution in [0.2, 0.25) is 0 Å². The number of hydrogen-bond donors (Lipinski definition) is 2. The van der Waals surface area contributed by atoms with Gasteiger partial charge in [0.25, 0.3) is 5.69 Å². The summed E-state index contributed by atoms with van der Waals surface area (Å²) in [7, 11) is -4.35. The molecule has 0 bridgehead atoms. The molecule has 0 amide bonds. The van der Waals surface area contributed by atoms with Crippen LogP contribution in [0.15, 0.2) is 23.1 Å². The van der Waals surface area contributed by atoms with Crippen molar-refractivity contribution in [3.05, 3.63) is 28.3 Å². The Balaban J connectivity index is 2.97. The van der Waals surface area contributed by atoms with E-state index < -0.39 is 44.7 Å². The molecule has 0 aromatic heterocycles. The van der Waals surface area contributed by atoms with E-state index in [1.807, 2.05) is 0 Å². The number of nitro groups is 1. The first-order valence-corrected chi connectivity index (χ1v) is 6.61. The third-order valence-electron chi connectivity index (χ3n) is 2.20. The van der Waals surface area contributed by atoms with E-state index in [4.69, 9.17) is 5.73 Å². The normalized spacial score (nSPS) is 12.3. The second kappa shape index (κ2) is 5.63. The minimum Gasteiger partial charge on any atom is -0.398 e. The molecule has 1 aromatic rings. The minimum atomic E-state index is -4.52. The van der Waals surface area contributed by atoms with E-state index in [-0.39, 0.29) is 5.69 Å². The SMILES string of the molecule is Nc1ccc([N+](=O)[O-])cc1S(=O)(=O)NCCC(F)(F)F. The van der Waals surface area contributed by atoms with Crippen molar-refractivity contribution >= 4 is 21.4 Å². The largest absolute Gasteiger partial charge is 0.398 e. The Morgan fingerprint density at radius 1 is 1.35 bits per heavy atom. The van der Waals surface area contributed by atoms with E-state index in [1.165, 1.54) is 0 Å². The molecule has 0 spiro atoms. The van der Waals surface area contributed by atoms with Crippen molar-refractivity contribution in [3.63, 3.8) is 0 Å². The highest BCUT2D eigenvalue weighted by atomic mass is 32.2. The topological polar surface area (TPSA) is 115 Å². The Hall–Kier alpha value is -1.88. The number of non-ortho nitro benzene ring substituents is 1. The van der Waals surface area contributed by atoms with Gasteiger partial charge in [-0.25, -0.2) is 13.1 Å². The van der Waals surface area contributed by atoms with E-state index in [2.05, 4.69) is 0 Å². The van der Waals surface area contributed by atoms with Gasteiger partial charge in [0.2, 0.25) is 10.0 Å². The maximum Gasteiger partial charge on any atom is 0.390 e. The molecule has 0 radical (unpaired) electrons. The second-order valence-corrected chi connectivity index (χ2v) is 5.48. The van der Waals surface area contributed by atoms with E-state index in [1.54, 1.807) is 4.72 Å². The molecule has 0 saturated heterocycles. The standard InChI is InChI=1S/C9H10F3N3O4S/c10-9(11,12)3-4-14-20(18,19)8-5-6(15(16)17)1-2-7(8)13/h1-2,5,14H,3-4,13H2. The molecule has 0 unspecified atom stereocenters. The molecule has 0 fully saturated rings. The molecule has 7 nitrogen and oxygen atoms in total. The van der Waals surface area contributed by atoms with Crippen molar-refractivity contribution in [2.24, 2.45) is 0 Å². The van der Waals surface area contributed by atoms with Gasteiger partial charge in [0.15, 0.2) is 0 Å². The van der Waals surface area contributed by atoms with Crippen LogP contribution in [0.25, 0.3) is 0 Å². The minimum absolute atomic E-state index is 0.296. The lowest BCUT2D eigenvalue weighted by molar-refractivity contribution is -0.385. The number of anilines is 1. The van der Waals surface area contributed by atoms with Crippen LogP contribution in [-0.2, 0) is 10.0 Å². The number of hydrogen-bond acceptors (Lipinski definition) is 5. The van der Waals surface area contributed by atoms with Gasteiger partial charge in [-0.05, 0) is 6.07 Å². The van der Waals surface area contributed by atoms with Crippen molar-refractivity contribution in [2.45, 2.75) is 17.5 Å². The number of nitrogen functional groups attached to an aromatic ring is 1. The van der Waals surface area contributed by atoms with E-state index in [0.29, 0.717) is 6.07 Å². The Labute approximate surface area is 111 Å². The van der Waals surface area contributed by atoms with Crippen LogP contribution < -0.4 is 10.5 Å². The molecule has 1 aromatic carbocycles. The van der Waals surface area contributed by atoms with Gasteiger partial charge in [-0.15, -0.1) is 0 Å². The van der Waals surface area contributed by atoms with Crippen molar-refractivity contribution in [1.82, 2.24) is 4.72 Å². The number of rotatable bonds is 5. The van der Waals surface area contributed by atoms with E-state index in [0.717, 1.165) is 12.1 Å². The van der Waals surface area contributed by atoms with E-state index >= 15 is 0 Å². The maximum atomic E-state index is 11.9. The number of benzene rings is 1. The van der Waals surface area contributed by atoms with Crippen LogP contribution in [0.5, 0.6) is 0 Å². The number of alkyl halides is 3. The van der Waals surface area contributed by atoms with Gasteiger partial charge >= 0.3 is 6.18 Å². The first-order chi connectivity index (χ1) is 9.03. The molecule has 0 heterocycles. The molecule has 0 aliphatic carbocycles. The Bertz CT molecular complexity index is 615. The molecule has 0 aliphatic rings. The van der Waals surface area contributed by atoms with Gasteiger partial charge < -0.3 is 5.73 Å². The molecule has 20 heavy (non-hydrogen) atoms. The first-order valence-electron chi connectivity index (χ1n) is 5.13. The van der Waals surface area contributed by atoms with E-state index in [9.17, 15) is 31.7 Å². The third kappa shape index (κ3) is 4.35. The molecular formula is C9H10F3N3O4S. The van der Waals surface area contributed by atoms with Crippen molar-refractivity contribution < 1.29 is 26.5 Å². The zero-order valence-electron chi connectivity index (χ0n) is 9.85. The fourth-order valence-electron chi connectivity index (χ4n) is 1.27. The first kappa shape index (κ1) is 16.2.